The molecule has 0 saturated heterocycles. The minimum atomic E-state index is 0.00402. The van der Waals surface area contributed by atoms with Crippen LogP contribution in [0.15, 0.2) is 10.7 Å². The van der Waals surface area contributed by atoms with Crippen LogP contribution in [0.4, 0.5) is 0 Å². The lowest BCUT2D eigenvalue weighted by Crippen LogP contribution is -2.50. The lowest BCUT2D eigenvalue weighted by molar-refractivity contribution is 0.133. The van der Waals surface area contributed by atoms with Gasteiger partial charge in [0.2, 0.25) is 0 Å². The molecular formula is C14H27BrN4. The highest BCUT2D eigenvalue weighted by Crippen LogP contribution is 2.33. The topological polar surface area (TPSA) is 33.1 Å². The fraction of sp³-hybridized carbons (Fsp3) is 0.786. The number of nitrogens with one attached hydrogen (secondary N) is 1. The van der Waals surface area contributed by atoms with Gasteiger partial charge in [-0.15, -0.1) is 0 Å². The summed E-state index contributed by atoms with van der Waals surface area (Å²) >= 11 is 3.66. The first-order valence-corrected chi connectivity index (χ1v) is 7.77. The normalized spacial score (nSPS) is 14.1. The molecule has 1 heterocycles. The van der Waals surface area contributed by atoms with E-state index >= 15 is 0 Å². The molecule has 19 heavy (non-hydrogen) atoms. The minimum absolute atomic E-state index is 0.00402. The van der Waals surface area contributed by atoms with Crippen LogP contribution in [0.5, 0.6) is 0 Å². The predicted octanol–water partition coefficient (Wildman–Crippen LogP) is 3.05. The van der Waals surface area contributed by atoms with Crippen LogP contribution in [-0.4, -0.2) is 40.9 Å². The highest BCUT2D eigenvalue weighted by atomic mass is 79.9. The molecular weight excluding hydrogens is 304 g/mol. The van der Waals surface area contributed by atoms with Crippen LogP contribution in [-0.2, 0) is 6.54 Å². The molecule has 5 heteroatoms. The van der Waals surface area contributed by atoms with Gasteiger partial charge < -0.3 is 10.2 Å². The number of aromatic nitrogens is 2. The summed E-state index contributed by atoms with van der Waals surface area (Å²) in [5.74, 6) is 0. The van der Waals surface area contributed by atoms with Crippen molar-refractivity contribution in [3.05, 3.63) is 16.4 Å². The number of hydrogen-bond donors (Lipinski definition) is 1. The molecule has 0 aromatic carbocycles. The van der Waals surface area contributed by atoms with E-state index in [9.17, 15) is 0 Å². The molecule has 0 aliphatic heterocycles. The largest absolute Gasteiger partial charge is 0.307 e. The molecule has 0 saturated carbocycles. The highest BCUT2D eigenvalue weighted by molar-refractivity contribution is 9.10. The van der Waals surface area contributed by atoms with E-state index in [1.54, 1.807) is 0 Å². The zero-order chi connectivity index (χ0) is 14.6. The lowest BCUT2D eigenvalue weighted by atomic mass is 9.90. The van der Waals surface area contributed by atoms with Gasteiger partial charge in [-0.25, -0.2) is 0 Å². The molecule has 1 aromatic heterocycles. The SMILES string of the molecule is CCCn1ncc(Br)c1C(NCC)C(C)(C)N(C)C. The molecule has 4 nitrogen and oxygen atoms in total. The Hall–Kier alpha value is -0.390. The summed E-state index contributed by atoms with van der Waals surface area (Å²) in [4.78, 5) is 2.26. The van der Waals surface area contributed by atoms with E-state index in [1.807, 2.05) is 6.20 Å². The van der Waals surface area contributed by atoms with Crippen molar-refractivity contribution in [1.82, 2.24) is 20.0 Å². The first-order valence-electron chi connectivity index (χ1n) is 6.98. The Morgan fingerprint density at radius 3 is 2.53 bits per heavy atom. The third-order valence-corrected chi connectivity index (χ3v) is 4.42. The molecule has 0 bridgehead atoms. The highest BCUT2D eigenvalue weighted by Gasteiger charge is 2.35. The molecule has 1 aromatic rings. The van der Waals surface area contributed by atoms with E-state index in [4.69, 9.17) is 0 Å². The Bertz CT molecular complexity index is 398. The zero-order valence-electron chi connectivity index (χ0n) is 13.0. The number of nitrogens with zero attached hydrogens (tertiary/aromatic N) is 3. The molecule has 1 unspecified atom stereocenters. The fourth-order valence-corrected chi connectivity index (χ4v) is 2.72. The lowest BCUT2D eigenvalue weighted by Gasteiger charge is -2.41. The number of rotatable bonds is 7. The quantitative estimate of drug-likeness (QED) is 0.834. The van der Waals surface area contributed by atoms with Gasteiger partial charge in [0.1, 0.15) is 0 Å². The van der Waals surface area contributed by atoms with Gasteiger partial charge in [0, 0.05) is 12.1 Å². The van der Waals surface area contributed by atoms with Crippen LogP contribution in [0.3, 0.4) is 0 Å². The van der Waals surface area contributed by atoms with Gasteiger partial charge >= 0.3 is 0 Å². The Kier molecular flexibility index (Phi) is 6.02. The number of halogens is 1. The van der Waals surface area contributed by atoms with Crippen molar-refractivity contribution in [2.75, 3.05) is 20.6 Å². The second-order valence-corrected chi connectivity index (χ2v) is 6.49. The molecule has 1 N–H and O–H groups in total. The van der Waals surface area contributed by atoms with Crippen LogP contribution in [0, 0.1) is 0 Å². The maximum absolute atomic E-state index is 4.49. The molecule has 0 aliphatic rings. The summed E-state index contributed by atoms with van der Waals surface area (Å²) in [5.41, 5.74) is 1.24. The second-order valence-electron chi connectivity index (χ2n) is 5.64. The van der Waals surface area contributed by atoms with Crippen molar-refractivity contribution in [2.45, 2.75) is 52.2 Å². The maximum Gasteiger partial charge on any atom is 0.0714 e. The van der Waals surface area contributed by atoms with Crippen LogP contribution in [0.25, 0.3) is 0 Å². The molecule has 0 amide bonds. The van der Waals surface area contributed by atoms with Gasteiger partial charge in [-0.1, -0.05) is 13.8 Å². The Morgan fingerprint density at radius 1 is 1.42 bits per heavy atom. The summed E-state index contributed by atoms with van der Waals surface area (Å²) in [6.07, 6.45) is 2.99. The Morgan fingerprint density at radius 2 is 2.05 bits per heavy atom. The monoisotopic (exact) mass is 330 g/mol. The smallest absolute Gasteiger partial charge is 0.0714 e. The van der Waals surface area contributed by atoms with Gasteiger partial charge in [-0.3, -0.25) is 4.68 Å². The standard InChI is InChI=1S/C14H27BrN4/c1-7-9-19-12(11(15)10-17-19)13(16-8-2)14(3,4)18(5)6/h10,13,16H,7-9H2,1-6H3. The third kappa shape index (κ3) is 3.58. The van der Waals surface area contributed by atoms with Crippen molar-refractivity contribution >= 4 is 15.9 Å². The minimum Gasteiger partial charge on any atom is -0.307 e. The van der Waals surface area contributed by atoms with E-state index in [0.29, 0.717) is 0 Å². The summed E-state index contributed by atoms with van der Waals surface area (Å²) in [6, 6.07) is 0.232. The van der Waals surface area contributed by atoms with Crippen molar-refractivity contribution in [3.63, 3.8) is 0 Å². The predicted molar refractivity (Wildman–Crippen MR) is 84.4 cm³/mol. The average molecular weight is 331 g/mol. The maximum atomic E-state index is 4.49. The van der Waals surface area contributed by atoms with Crippen molar-refractivity contribution in [1.29, 1.82) is 0 Å². The number of aryl methyl sites for hydroxylation is 1. The van der Waals surface area contributed by atoms with Gasteiger partial charge in [0.15, 0.2) is 0 Å². The van der Waals surface area contributed by atoms with Crippen molar-refractivity contribution in [3.8, 4) is 0 Å². The molecule has 0 spiro atoms. The van der Waals surface area contributed by atoms with Crippen LogP contribution in [0.1, 0.15) is 45.9 Å². The van der Waals surface area contributed by atoms with E-state index in [-0.39, 0.29) is 11.6 Å². The first kappa shape index (κ1) is 16.7. The van der Waals surface area contributed by atoms with E-state index in [2.05, 4.69) is 77.7 Å². The fourth-order valence-electron chi connectivity index (χ4n) is 2.19. The van der Waals surface area contributed by atoms with Crippen LogP contribution in [0.2, 0.25) is 0 Å². The molecule has 0 aliphatic carbocycles. The number of likely N-dealkylation sites (N-methyl/N-ethyl adjacent to an activating group) is 2. The average Bonchev–Trinajstić information content (AvgIpc) is 2.68. The second kappa shape index (κ2) is 6.86. The number of hydrogen-bond acceptors (Lipinski definition) is 3. The Balaban J connectivity index is 3.22. The summed E-state index contributed by atoms with van der Waals surface area (Å²) < 4.78 is 3.20. The van der Waals surface area contributed by atoms with Gasteiger partial charge in [-0.2, -0.15) is 5.10 Å². The first-order chi connectivity index (χ1) is 8.86. The summed E-state index contributed by atoms with van der Waals surface area (Å²) in [5, 5.41) is 8.11. The van der Waals surface area contributed by atoms with E-state index in [0.717, 1.165) is 24.0 Å². The molecule has 0 radical (unpaired) electrons. The van der Waals surface area contributed by atoms with Crippen molar-refractivity contribution in [2.24, 2.45) is 0 Å². The molecule has 0 fully saturated rings. The van der Waals surface area contributed by atoms with E-state index < -0.39 is 0 Å². The zero-order valence-corrected chi connectivity index (χ0v) is 14.6. The van der Waals surface area contributed by atoms with E-state index in [1.165, 1.54) is 5.69 Å². The van der Waals surface area contributed by atoms with Crippen LogP contribution >= 0.6 is 15.9 Å². The third-order valence-electron chi connectivity index (χ3n) is 3.81. The van der Waals surface area contributed by atoms with Gasteiger partial charge in [0.05, 0.1) is 22.4 Å². The van der Waals surface area contributed by atoms with Crippen LogP contribution < -0.4 is 5.32 Å². The van der Waals surface area contributed by atoms with Gasteiger partial charge in [-0.05, 0) is 56.8 Å². The molecule has 1 atom stereocenters. The molecule has 110 valence electrons. The van der Waals surface area contributed by atoms with Gasteiger partial charge in [0.25, 0.3) is 0 Å². The molecule has 1 rings (SSSR count). The Labute approximate surface area is 125 Å². The summed E-state index contributed by atoms with van der Waals surface area (Å²) in [7, 11) is 4.25. The summed E-state index contributed by atoms with van der Waals surface area (Å²) in [6.45, 7) is 10.7. The van der Waals surface area contributed by atoms with Crippen molar-refractivity contribution < 1.29 is 0 Å².